The minimum absolute atomic E-state index is 0. The zero-order chi connectivity index (χ0) is 0. The average molecular weight is 80.3 g/mol. The van der Waals surface area contributed by atoms with Crippen LogP contribution >= 0.6 is 0 Å². The van der Waals surface area contributed by atoms with Crippen LogP contribution in [0.5, 0.6) is 0 Å². The molecule has 0 saturated heterocycles. The lowest BCUT2D eigenvalue weighted by Crippen LogP contribution is 0.143. The van der Waals surface area contributed by atoms with E-state index in [-0.39, 0.29) is 35.4 Å². The van der Waals surface area contributed by atoms with Crippen LogP contribution in [0.25, 0.3) is 0 Å². The van der Waals surface area contributed by atoms with Crippen molar-refractivity contribution in [3.8, 4) is 0 Å². The van der Waals surface area contributed by atoms with Gasteiger partial charge in [-0.05, 0) is 0 Å². The largest absolute Gasteiger partial charge is 0.0776 e. The molecule has 0 aliphatic rings. The fraction of sp³-hybridized carbons (Fsp3) is 1.00. The Hall–Kier alpha value is 0. The van der Waals surface area contributed by atoms with Crippen molar-refractivity contribution in [2.45, 2.75) is 29.7 Å². The van der Waals surface area contributed by atoms with Gasteiger partial charge in [-0.25, -0.2) is 0 Å². The van der Waals surface area contributed by atoms with Gasteiger partial charge in [0.2, 0.25) is 0 Å². The van der Waals surface area contributed by atoms with Crippen molar-refractivity contribution < 1.29 is 5.71 Å². The Labute approximate surface area is 36.8 Å². The van der Waals surface area contributed by atoms with Crippen LogP contribution < -0.4 is 0 Å². The summed E-state index contributed by atoms with van der Waals surface area (Å²) in [5, 5.41) is 0. The number of rotatable bonds is 0. The summed E-state index contributed by atoms with van der Waals surface area (Å²) >= 11 is 0. The van der Waals surface area contributed by atoms with Crippen molar-refractivity contribution in [3.63, 3.8) is 0 Å². The first kappa shape index (κ1) is 0. The minimum Gasteiger partial charge on any atom is -0.0776 e. The van der Waals surface area contributed by atoms with Crippen LogP contribution in [0.15, 0.2) is 0 Å². The highest BCUT2D eigenvalue weighted by Crippen LogP contribution is 0.147. The summed E-state index contributed by atoms with van der Waals surface area (Å²) < 4.78 is 0. The highest BCUT2D eigenvalue weighted by atomic mass is 12.0. The second-order valence-corrected chi connectivity index (χ2v) is 0. The summed E-state index contributed by atoms with van der Waals surface area (Å²) in [7, 11) is 0. The van der Waals surface area contributed by atoms with Gasteiger partial charge in [0.1, 0.15) is 0 Å². The second kappa shape index (κ2) is 0. The van der Waals surface area contributed by atoms with E-state index in [0.717, 1.165) is 0 Å². The third-order valence-corrected chi connectivity index (χ3v) is 0. The van der Waals surface area contributed by atoms with E-state index in [9.17, 15) is 0 Å². The quantitative estimate of drug-likeness (QED) is 0.417. The molecule has 0 unspecified atom stereocenters. The van der Waals surface area contributed by atoms with Gasteiger partial charge in [-0.15, -0.1) is 0 Å². The predicted octanol–water partition coefficient (Wildman–Crippen LogP) is 3.53. The van der Waals surface area contributed by atoms with E-state index in [1.165, 1.54) is 0 Å². The summed E-state index contributed by atoms with van der Waals surface area (Å²) in [6, 6.07) is 0. The number of hydrogen-bond donors (Lipinski definition) is 0. The van der Waals surface area contributed by atoms with E-state index in [4.69, 9.17) is 0 Å². The van der Waals surface area contributed by atoms with E-state index >= 15 is 0 Å². The maximum atomic E-state index is 0. The van der Waals surface area contributed by atoms with E-state index in [1.807, 2.05) is 0 Å². The molecule has 0 atom stereocenters. The van der Waals surface area contributed by atoms with Crippen molar-refractivity contribution in [1.29, 1.82) is 0 Å². The van der Waals surface area contributed by atoms with Crippen molar-refractivity contribution in [2.75, 3.05) is 0 Å². The molecule has 0 amide bonds. The molecule has 0 heterocycles. The molecule has 0 aromatic carbocycles. The molecule has 0 N–H and O–H groups in total. The van der Waals surface area contributed by atoms with Crippen LogP contribution in [0.4, 0.5) is 0 Å². The topological polar surface area (TPSA) is 0 Å². The molecule has 0 rings (SSSR count). The van der Waals surface area contributed by atoms with Crippen LogP contribution in [0.2, 0.25) is 0 Å². The van der Waals surface area contributed by atoms with Gasteiger partial charge in [0.05, 0.1) is 0 Å². The van der Waals surface area contributed by atoms with Gasteiger partial charge in [0.25, 0.3) is 0 Å². The molecule has 0 fully saturated rings. The van der Waals surface area contributed by atoms with Gasteiger partial charge in [-0.1, -0.05) is 29.7 Å². The fourth-order valence-electron chi connectivity index (χ4n) is 0. The van der Waals surface area contributed by atoms with Gasteiger partial charge < -0.3 is 0 Å². The van der Waals surface area contributed by atoms with Gasteiger partial charge in [0, 0.05) is 5.71 Å². The summed E-state index contributed by atoms with van der Waals surface area (Å²) in [6.45, 7) is 0. The van der Waals surface area contributed by atoms with Crippen LogP contribution in [0.3, 0.4) is 0 Å². The molecule has 0 aromatic heterocycles. The predicted molar refractivity (Wildman–Crippen MR) is 35.4 cm³/mol. The molecule has 0 nitrogen and oxygen atoms in total. The third-order valence-electron chi connectivity index (χ3n) is 0. The van der Waals surface area contributed by atoms with Crippen LogP contribution in [-0.4, -0.2) is 0 Å². The second-order valence-electron chi connectivity index (χ2n) is 0. The summed E-state index contributed by atoms with van der Waals surface area (Å²) in [4.78, 5) is 0. The zero-order valence-electron chi connectivity index (χ0n) is 0. The van der Waals surface area contributed by atoms with Gasteiger partial charge in [0.15, 0.2) is 0 Å². The van der Waals surface area contributed by atoms with Crippen molar-refractivity contribution in [1.82, 2.24) is 0 Å². The highest BCUT2D eigenvalue weighted by molar-refractivity contribution is 2.51. The molecule has 0 radical (unpaired) electrons. The molecular weight excluding hydrogens is 48.0 g/mol. The molecule has 4 heavy (non-hydrogen) atoms. The molecule has 0 saturated carbocycles. The summed E-state index contributed by atoms with van der Waals surface area (Å²) in [5.74, 6) is 0. The van der Waals surface area contributed by atoms with E-state index < -0.39 is 0 Å². The smallest absolute Gasteiger partial charge is 0 e. The van der Waals surface area contributed by atoms with Crippen LogP contribution in [0, 0.1) is 0 Å². The molecule has 0 heteroatoms. The molecule has 0 spiro atoms. The maximum Gasteiger partial charge on any atom is 0 e. The molecular formula is C4H24. The Morgan fingerprint density at radius 3 is 0.500 bits per heavy atom. The van der Waals surface area contributed by atoms with Gasteiger partial charge >= 0.3 is 0 Å². The van der Waals surface area contributed by atoms with Crippen LogP contribution in [-0.2, 0) is 0 Å². The normalized spacial score (nSPS) is 0. The van der Waals surface area contributed by atoms with Crippen LogP contribution in [0.1, 0.15) is 35.4 Å². The first-order chi connectivity index (χ1) is 0. The van der Waals surface area contributed by atoms with Crippen molar-refractivity contribution >= 4 is 0 Å². The summed E-state index contributed by atoms with van der Waals surface area (Å²) in [5.41, 5.74) is 0. The molecule has 0 bridgehead atoms. The lowest BCUT2D eigenvalue weighted by molar-refractivity contribution is 2.50. The minimum atomic E-state index is 0. The Bertz CT molecular complexity index is 8.00. The highest BCUT2D eigenvalue weighted by Gasteiger charge is -0.0746. The Morgan fingerprint density at radius 2 is 0.500 bits per heavy atom. The third kappa shape index (κ3) is 0. The Morgan fingerprint density at radius 1 is 0.500 bits per heavy atom. The molecule has 0 aliphatic carbocycles. The first-order valence-electron chi connectivity index (χ1n) is 0. The Kier molecular flexibility index (Phi) is 0. The van der Waals surface area contributed by atoms with Crippen molar-refractivity contribution in [3.05, 3.63) is 0 Å². The van der Waals surface area contributed by atoms with Gasteiger partial charge in [-0.2, -0.15) is 0 Å². The maximum absolute atomic E-state index is 0. The summed E-state index contributed by atoms with van der Waals surface area (Å²) in [6.07, 6.45) is 0. The lowest BCUT2D eigenvalue weighted by Gasteiger charge is -0.0786. The lowest BCUT2D eigenvalue weighted by atomic mass is 12.0. The zero-order valence-corrected chi connectivity index (χ0v) is 0. The fourth-order valence-corrected chi connectivity index (χ4v) is 0. The van der Waals surface area contributed by atoms with Crippen molar-refractivity contribution in [2.24, 2.45) is 0 Å². The standard InChI is InChI=1S/4CH4.4H2/h4*1H4;4*1H/i;;;;4*1+2. The molecule has 40 valence electrons. The van der Waals surface area contributed by atoms with Gasteiger partial charge in [-0.3, -0.25) is 0 Å². The van der Waals surface area contributed by atoms with E-state index in [0.29, 0.717) is 0 Å². The molecule has 0 aliphatic heterocycles. The SMILES string of the molecule is C.C.C.C.[3HH].[3HH].[3HH].[3HH]. The first-order valence-corrected chi connectivity index (χ1v) is 0. The molecule has 0 aromatic rings. The Balaban J connectivity index is 0. The number of hydrogen-bond acceptors (Lipinski definition) is 0. The van der Waals surface area contributed by atoms with E-state index in [2.05, 4.69) is 0 Å². The van der Waals surface area contributed by atoms with E-state index in [1.54, 1.807) is 0 Å². The average Bonchev–Trinajstić information content (AvgIpc) is 0. The monoisotopic (exact) mass is 80.2 g/mol.